The average Bonchev–Trinajstić information content (AvgIpc) is 2.26. The standard InChI is InChI=1S/C16H28O2Si2/c1-19(2,3)17-15-11-13-9-7-8-10-14(13)12-16(15)18-20(4,5)6/h7-10,15-16H,11-12H2,1-6H3/t15-,16-/m0/s1. The predicted molar refractivity (Wildman–Crippen MR) is 90.3 cm³/mol. The fourth-order valence-electron chi connectivity index (χ4n) is 2.80. The van der Waals surface area contributed by atoms with E-state index in [1.807, 2.05) is 0 Å². The van der Waals surface area contributed by atoms with Crippen molar-refractivity contribution < 1.29 is 8.85 Å². The van der Waals surface area contributed by atoms with Crippen molar-refractivity contribution in [2.75, 3.05) is 0 Å². The van der Waals surface area contributed by atoms with Crippen LogP contribution in [-0.4, -0.2) is 28.8 Å². The van der Waals surface area contributed by atoms with Gasteiger partial charge in [-0.1, -0.05) is 24.3 Å². The van der Waals surface area contributed by atoms with Gasteiger partial charge in [-0.3, -0.25) is 0 Å². The molecule has 0 N–H and O–H groups in total. The van der Waals surface area contributed by atoms with E-state index in [4.69, 9.17) is 8.85 Å². The highest BCUT2D eigenvalue weighted by molar-refractivity contribution is 6.70. The van der Waals surface area contributed by atoms with Crippen LogP contribution in [0.25, 0.3) is 0 Å². The van der Waals surface area contributed by atoms with Crippen LogP contribution in [0.5, 0.6) is 0 Å². The van der Waals surface area contributed by atoms with Crippen molar-refractivity contribution in [2.24, 2.45) is 0 Å². The maximum Gasteiger partial charge on any atom is 0.184 e. The normalized spacial score (nSPS) is 23.5. The molecule has 0 amide bonds. The predicted octanol–water partition coefficient (Wildman–Crippen LogP) is 4.23. The molecule has 0 radical (unpaired) electrons. The molecule has 0 saturated carbocycles. The molecule has 0 saturated heterocycles. The van der Waals surface area contributed by atoms with Crippen LogP contribution in [0.1, 0.15) is 11.1 Å². The van der Waals surface area contributed by atoms with Gasteiger partial charge in [0.1, 0.15) is 0 Å². The summed E-state index contributed by atoms with van der Waals surface area (Å²) in [5.74, 6) is 0. The van der Waals surface area contributed by atoms with E-state index in [9.17, 15) is 0 Å². The minimum absolute atomic E-state index is 0.225. The molecule has 1 aromatic carbocycles. The Morgan fingerprint density at radius 3 is 1.40 bits per heavy atom. The van der Waals surface area contributed by atoms with E-state index < -0.39 is 16.6 Å². The van der Waals surface area contributed by atoms with Crippen LogP contribution in [0, 0.1) is 0 Å². The topological polar surface area (TPSA) is 18.5 Å². The third-order valence-corrected chi connectivity index (χ3v) is 5.40. The van der Waals surface area contributed by atoms with Crippen LogP contribution < -0.4 is 0 Å². The Hall–Kier alpha value is -0.426. The molecule has 0 fully saturated rings. The van der Waals surface area contributed by atoms with Gasteiger partial charge in [-0.05, 0) is 50.4 Å². The Kier molecular flexibility index (Phi) is 4.59. The summed E-state index contributed by atoms with van der Waals surface area (Å²) in [7, 11) is -3.10. The second-order valence-corrected chi connectivity index (χ2v) is 16.6. The summed E-state index contributed by atoms with van der Waals surface area (Å²) in [5, 5.41) is 0. The van der Waals surface area contributed by atoms with Crippen molar-refractivity contribution in [3.63, 3.8) is 0 Å². The van der Waals surface area contributed by atoms with Crippen molar-refractivity contribution in [1.29, 1.82) is 0 Å². The maximum atomic E-state index is 6.43. The lowest BCUT2D eigenvalue weighted by atomic mass is 9.88. The van der Waals surface area contributed by atoms with E-state index >= 15 is 0 Å². The van der Waals surface area contributed by atoms with Gasteiger partial charge in [0.05, 0.1) is 12.2 Å². The first-order chi connectivity index (χ1) is 9.14. The lowest BCUT2D eigenvalue weighted by Crippen LogP contribution is -2.48. The number of hydrogen-bond acceptors (Lipinski definition) is 2. The van der Waals surface area contributed by atoms with Crippen molar-refractivity contribution in [1.82, 2.24) is 0 Å². The van der Waals surface area contributed by atoms with E-state index in [-0.39, 0.29) is 12.2 Å². The smallest absolute Gasteiger partial charge is 0.184 e. The van der Waals surface area contributed by atoms with Gasteiger partial charge in [-0.15, -0.1) is 0 Å². The fourth-order valence-corrected chi connectivity index (χ4v) is 5.08. The van der Waals surface area contributed by atoms with Crippen molar-refractivity contribution >= 4 is 16.6 Å². The highest BCUT2D eigenvalue weighted by atomic mass is 28.4. The molecule has 2 nitrogen and oxygen atoms in total. The molecule has 0 unspecified atom stereocenters. The van der Waals surface area contributed by atoms with Crippen molar-refractivity contribution in [3.05, 3.63) is 35.4 Å². The summed E-state index contributed by atoms with van der Waals surface area (Å²) in [6.07, 6.45) is 2.44. The highest BCUT2D eigenvalue weighted by Gasteiger charge is 2.35. The van der Waals surface area contributed by atoms with Gasteiger partial charge in [0, 0.05) is 12.8 Å². The maximum absolute atomic E-state index is 6.43. The zero-order valence-electron chi connectivity index (χ0n) is 13.7. The first-order valence-electron chi connectivity index (χ1n) is 7.56. The van der Waals surface area contributed by atoms with Crippen LogP contribution in [0.4, 0.5) is 0 Å². The molecule has 0 aromatic heterocycles. The summed E-state index contributed by atoms with van der Waals surface area (Å²) < 4.78 is 12.9. The minimum atomic E-state index is -1.55. The fraction of sp³-hybridized carbons (Fsp3) is 0.625. The summed E-state index contributed by atoms with van der Waals surface area (Å²) in [5.41, 5.74) is 2.87. The third-order valence-electron chi connectivity index (χ3n) is 3.39. The molecular weight excluding hydrogens is 280 g/mol. The van der Waals surface area contributed by atoms with Crippen LogP contribution in [0.15, 0.2) is 24.3 Å². The molecule has 2 rings (SSSR count). The zero-order chi connectivity index (χ0) is 15.0. The molecule has 1 aliphatic carbocycles. The second-order valence-electron chi connectivity index (χ2n) is 7.71. The van der Waals surface area contributed by atoms with Crippen molar-refractivity contribution in [2.45, 2.75) is 64.3 Å². The monoisotopic (exact) mass is 308 g/mol. The van der Waals surface area contributed by atoms with Gasteiger partial charge in [-0.25, -0.2) is 0 Å². The highest BCUT2D eigenvalue weighted by Crippen LogP contribution is 2.29. The molecule has 0 spiro atoms. The largest absolute Gasteiger partial charge is 0.412 e. The molecule has 112 valence electrons. The summed E-state index contributed by atoms with van der Waals surface area (Å²) in [6.45, 7) is 13.6. The molecule has 4 heteroatoms. The van der Waals surface area contributed by atoms with Gasteiger partial charge >= 0.3 is 0 Å². The number of hydrogen-bond donors (Lipinski definition) is 0. The number of benzene rings is 1. The lowest BCUT2D eigenvalue weighted by Gasteiger charge is -2.39. The van der Waals surface area contributed by atoms with Crippen LogP contribution in [0.3, 0.4) is 0 Å². The van der Waals surface area contributed by atoms with Crippen LogP contribution in [0.2, 0.25) is 39.3 Å². The van der Waals surface area contributed by atoms with Crippen LogP contribution >= 0.6 is 0 Å². The number of rotatable bonds is 4. The Bertz CT molecular complexity index is 417. The molecule has 0 bridgehead atoms. The molecular formula is C16H28O2Si2. The molecule has 0 heterocycles. The van der Waals surface area contributed by atoms with E-state index in [0.717, 1.165) is 12.8 Å². The Morgan fingerprint density at radius 1 is 0.750 bits per heavy atom. The van der Waals surface area contributed by atoms with Crippen LogP contribution in [-0.2, 0) is 21.7 Å². The van der Waals surface area contributed by atoms with Crippen molar-refractivity contribution in [3.8, 4) is 0 Å². The summed E-state index contributed by atoms with van der Waals surface area (Å²) in [6, 6.07) is 8.73. The van der Waals surface area contributed by atoms with E-state index in [1.165, 1.54) is 11.1 Å². The SMILES string of the molecule is C[Si](C)(C)O[C@H]1Cc2ccccc2C[C@@H]1O[Si](C)(C)C. The molecule has 0 aliphatic heterocycles. The first kappa shape index (κ1) is 16.0. The lowest BCUT2D eigenvalue weighted by molar-refractivity contribution is 0.0376. The summed E-state index contributed by atoms with van der Waals surface area (Å²) >= 11 is 0. The zero-order valence-corrected chi connectivity index (χ0v) is 15.7. The minimum Gasteiger partial charge on any atom is -0.412 e. The third kappa shape index (κ3) is 4.55. The molecule has 1 aliphatic rings. The van der Waals surface area contributed by atoms with Gasteiger partial charge in [0.2, 0.25) is 0 Å². The molecule has 1 aromatic rings. The second kappa shape index (κ2) is 5.75. The van der Waals surface area contributed by atoms with E-state index in [0.29, 0.717) is 0 Å². The quantitative estimate of drug-likeness (QED) is 0.775. The van der Waals surface area contributed by atoms with E-state index in [2.05, 4.69) is 63.5 Å². The Morgan fingerprint density at radius 2 is 1.10 bits per heavy atom. The molecule has 20 heavy (non-hydrogen) atoms. The summed E-state index contributed by atoms with van der Waals surface area (Å²) in [4.78, 5) is 0. The Labute approximate surface area is 125 Å². The Balaban J connectivity index is 2.22. The number of fused-ring (bicyclic) bond motifs is 1. The van der Waals surface area contributed by atoms with Gasteiger partial charge in [-0.2, -0.15) is 0 Å². The molecule has 2 atom stereocenters. The van der Waals surface area contributed by atoms with Gasteiger partial charge in [0.15, 0.2) is 16.6 Å². The van der Waals surface area contributed by atoms with Gasteiger partial charge in [0.25, 0.3) is 0 Å². The van der Waals surface area contributed by atoms with E-state index in [1.54, 1.807) is 0 Å². The first-order valence-corrected chi connectivity index (χ1v) is 14.4. The average molecular weight is 309 g/mol. The van der Waals surface area contributed by atoms with Gasteiger partial charge < -0.3 is 8.85 Å².